The van der Waals surface area contributed by atoms with E-state index < -0.39 is 0 Å². The molecule has 2 rings (SSSR count). The van der Waals surface area contributed by atoms with Crippen LogP contribution in [0.3, 0.4) is 0 Å². The minimum Gasteiger partial charge on any atom is -0.316 e. The van der Waals surface area contributed by atoms with Gasteiger partial charge in [0.15, 0.2) is 5.11 Å². The molecule has 0 spiro atoms. The number of thiocarbonyl (C=S) groups is 1. The fraction of sp³-hybridized carbons (Fsp3) is 0.200. The van der Waals surface area contributed by atoms with Gasteiger partial charge in [0.2, 0.25) is 0 Å². The van der Waals surface area contributed by atoms with E-state index in [4.69, 9.17) is 12.2 Å². The molecule has 0 aliphatic rings. The first-order chi connectivity index (χ1) is 12.3. The van der Waals surface area contributed by atoms with Crippen molar-refractivity contribution in [2.45, 2.75) is 26.3 Å². The van der Waals surface area contributed by atoms with Gasteiger partial charge in [0.05, 0.1) is 4.47 Å². The van der Waals surface area contributed by atoms with Crippen molar-refractivity contribution in [2.75, 3.05) is 4.90 Å². The first-order valence-corrected chi connectivity index (χ1v) is 9.28. The van der Waals surface area contributed by atoms with Gasteiger partial charge in [-0.2, -0.15) is 0 Å². The van der Waals surface area contributed by atoms with Gasteiger partial charge < -0.3 is 4.90 Å². The number of halogens is 2. The number of rotatable bonds is 5. The summed E-state index contributed by atoms with van der Waals surface area (Å²) in [6, 6.07) is 13.4. The van der Waals surface area contributed by atoms with Crippen LogP contribution in [0.25, 0.3) is 0 Å². The van der Waals surface area contributed by atoms with Crippen molar-refractivity contribution in [2.24, 2.45) is 0 Å². The first-order valence-electron chi connectivity index (χ1n) is 8.08. The Morgan fingerprint density at radius 2 is 1.96 bits per heavy atom. The van der Waals surface area contributed by atoms with Gasteiger partial charge in [-0.25, -0.2) is 4.39 Å². The summed E-state index contributed by atoms with van der Waals surface area (Å²) in [5, 5.41) is 3.02. The van der Waals surface area contributed by atoms with Crippen molar-refractivity contribution in [3.8, 4) is 0 Å². The molecule has 0 fully saturated rings. The smallest absolute Gasteiger partial charge is 0.257 e. The maximum atomic E-state index is 13.6. The summed E-state index contributed by atoms with van der Waals surface area (Å²) in [5.74, 6) is -0.648. The van der Waals surface area contributed by atoms with Gasteiger partial charge in [0, 0.05) is 17.3 Å². The van der Waals surface area contributed by atoms with Crippen molar-refractivity contribution in [1.82, 2.24) is 5.32 Å². The summed E-state index contributed by atoms with van der Waals surface area (Å²) in [6.45, 7) is 7.85. The highest BCUT2D eigenvalue weighted by atomic mass is 79.9. The Labute approximate surface area is 167 Å². The molecule has 0 saturated carbocycles. The van der Waals surface area contributed by atoms with Crippen LogP contribution in [0.4, 0.5) is 10.1 Å². The normalized spacial score (nSPS) is 11.5. The van der Waals surface area contributed by atoms with Crippen molar-refractivity contribution in [3.05, 3.63) is 76.5 Å². The zero-order chi connectivity index (χ0) is 19.3. The molecule has 0 heterocycles. The molecule has 2 aromatic carbocycles. The lowest BCUT2D eigenvalue weighted by Gasteiger charge is -2.32. The van der Waals surface area contributed by atoms with Gasteiger partial charge in [0.1, 0.15) is 5.82 Å². The molecule has 1 N–H and O–H groups in total. The van der Waals surface area contributed by atoms with Gasteiger partial charge in [-0.3, -0.25) is 10.1 Å². The van der Waals surface area contributed by atoms with Crippen LogP contribution in [0.5, 0.6) is 0 Å². The lowest BCUT2D eigenvalue weighted by Crippen LogP contribution is -2.47. The van der Waals surface area contributed by atoms with Gasteiger partial charge in [-0.15, -0.1) is 6.58 Å². The fourth-order valence-electron chi connectivity index (χ4n) is 2.62. The van der Waals surface area contributed by atoms with Crippen LogP contribution in [-0.4, -0.2) is 17.1 Å². The molecule has 0 radical (unpaired) electrons. The largest absolute Gasteiger partial charge is 0.316 e. The van der Waals surface area contributed by atoms with Crippen LogP contribution in [-0.2, 0) is 0 Å². The van der Waals surface area contributed by atoms with Crippen LogP contribution in [0, 0.1) is 5.82 Å². The third kappa shape index (κ3) is 5.22. The number of carbonyl (C=O) groups is 1. The maximum Gasteiger partial charge on any atom is 0.257 e. The van der Waals surface area contributed by atoms with Gasteiger partial charge in [-0.05, 0) is 78.7 Å². The quantitative estimate of drug-likeness (QED) is 0.500. The Balaban J connectivity index is 2.30. The van der Waals surface area contributed by atoms with Crippen molar-refractivity contribution < 1.29 is 9.18 Å². The molecule has 136 valence electrons. The predicted octanol–water partition coefficient (Wildman–Crippen LogP) is 5.46. The third-order valence-corrected chi connectivity index (χ3v) is 4.65. The number of hydrogen-bond acceptors (Lipinski definition) is 2. The molecule has 3 nitrogen and oxygen atoms in total. The van der Waals surface area contributed by atoms with Crippen LogP contribution < -0.4 is 10.2 Å². The highest BCUT2D eigenvalue weighted by Crippen LogP contribution is 2.26. The molecule has 2 aromatic rings. The highest BCUT2D eigenvalue weighted by molar-refractivity contribution is 9.10. The number of carbonyl (C=O) groups excluding carboxylic acids is 1. The number of amides is 1. The molecular weight excluding hydrogens is 415 g/mol. The molecule has 6 heteroatoms. The summed E-state index contributed by atoms with van der Waals surface area (Å²) in [5.41, 5.74) is 2.19. The fourth-order valence-corrected chi connectivity index (χ4v) is 3.37. The molecular formula is C20H20BrFN2OS. The Morgan fingerprint density at radius 3 is 2.54 bits per heavy atom. The average molecular weight is 435 g/mol. The second kappa shape index (κ2) is 9.05. The molecule has 0 saturated heterocycles. The summed E-state index contributed by atoms with van der Waals surface area (Å²) in [4.78, 5) is 14.2. The van der Waals surface area contributed by atoms with E-state index in [2.05, 4.69) is 27.8 Å². The lowest BCUT2D eigenvalue weighted by molar-refractivity contribution is 0.0977. The number of hydrogen-bond donors (Lipinski definition) is 1. The highest BCUT2D eigenvalue weighted by Gasteiger charge is 2.22. The van der Waals surface area contributed by atoms with Crippen LogP contribution in [0.2, 0.25) is 0 Å². The SMILES string of the molecule is C=C(C)CC(C)N(C(=S)NC(=O)c1ccccc1)c1ccc(F)c(Br)c1. The van der Waals surface area contributed by atoms with Crippen LogP contribution in [0.15, 0.2) is 65.2 Å². The lowest BCUT2D eigenvalue weighted by atomic mass is 10.1. The van der Waals surface area contributed by atoms with Crippen molar-refractivity contribution in [1.29, 1.82) is 0 Å². The van der Waals surface area contributed by atoms with Crippen molar-refractivity contribution in [3.63, 3.8) is 0 Å². The van der Waals surface area contributed by atoms with E-state index in [0.717, 1.165) is 5.57 Å². The minimum absolute atomic E-state index is 0.0616. The summed E-state index contributed by atoms with van der Waals surface area (Å²) in [6.07, 6.45) is 0.677. The van der Waals surface area contributed by atoms with Crippen LogP contribution in [0.1, 0.15) is 30.6 Å². The number of anilines is 1. The van der Waals surface area contributed by atoms with Crippen LogP contribution >= 0.6 is 28.1 Å². The number of nitrogens with zero attached hydrogens (tertiary/aromatic N) is 1. The van der Waals surface area contributed by atoms with Gasteiger partial charge >= 0.3 is 0 Å². The van der Waals surface area contributed by atoms with E-state index in [0.29, 0.717) is 22.1 Å². The van der Waals surface area contributed by atoms with Gasteiger partial charge in [0.25, 0.3) is 5.91 Å². The Morgan fingerprint density at radius 1 is 1.31 bits per heavy atom. The molecule has 0 bridgehead atoms. The molecule has 1 atom stereocenters. The summed E-state index contributed by atoms with van der Waals surface area (Å²) < 4.78 is 14.0. The van der Waals surface area contributed by atoms with E-state index in [1.54, 1.807) is 41.3 Å². The second-order valence-corrected chi connectivity index (χ2v) is 7.35. The van der Waals surface area contributed by atoms with E-state index in [9.17, 15) is 9.18 Å². The standard InChI is InChI=1S/C20H20BrFN2OS/c1-13(2)11-14(3)24(16-9-10-18(22)17(21)12-16)20(26)23-19(25)15-7-5-4-6-8-15/h4-10,12,14H,1,11H2,2-3H3,(H,23,25,26). The average Bonchev–Trinajstić information content (AvgIpc) is 2.58. The molecule has 0 aromatic heterocycles. The predicted molar refractivity (Wildman–Crippen MR) is 112 cm³/mol. The maximum absolute atomic E-state index is 13.6. The van der Waals surface area contributed by atoms with E-state index in [1.807, 2.05) is 19.9 Å². The number of nitrogens with one attached hydrogen (secondary N) is 1. The molecule has 1 unspecified atom stereocenters. The van der Waals surface area contributed by atoms with E-state index in [1.165, 1.54) is 6.07 Å². The summed E-state index contributed by atoms with van der Waals surface area (Å²) >= 11 is 8.70. The Kier molecular flexibility index (Phi) is 7.06. The molecule has 0 aliphatic carbocycles. The minimum atomic E-state index is -0.361. The van der Waals surface area contributed by atoms with E-state index >= 15 is 0 Å². The summed E-state index contributed by atoms with van der Waals surface area (Å²) in [7, 11) is 0. The molecule has 0 aliphatic heterocycles. The first kappa shape index (κ1) is 20.3. The molecule has 1 amide bonds. The third-order valence-electron chi connectivity index (χ3n) is 3.74. The zero-order valence-electron chi connectivity index (χ0n) is 14.6. The Bertz CT molecular complexity index is 826. The zero-order valence-corrected chi connectivity index (χ0v) is 17.0. The number of benzene rings is 2. The van der Waals surface area contributed by atoms with Crippen molar-refractivity contribution >= 4 is 44.9 Å². The molecule has 26 heavy (non-hydrogen) atoms. The van der Waals surface area contributed by atoms with Gasteiger partial charge in [-0.1, -0.05) is 23.8 Å². The van der Waals surface area contributed by atoms with E-state index in [-0.39, 0.29) is 22.9 Å². The topological polar surface area (TPSA) is 32.3 Å². The second-order valence-electron chi connectivity index (χ2n) is 6.10. The Hall–Kier alpha value is -2.05. The monoisotopic (exact) mass is 434 g/mol.